The number of unbranched alkanes of at least 4 members (excludes halogenated alkanes) is 1. The second-order valence-electron chi connectivity index (χ2n) is 19.8. The second-order valence-corrected chi connectivity index (χ2v) is 19.8. The topological polar surface area (TPSA) is 202 Å². The largest absolute Gasteiger partial charge is 0.493 e. The van der Waals surface area contributed by atoms with E-state index in [0.717, 1.165) is 99.7 Å². The Balaban J connectivity index is 0.000000417. The average molecular weight is 1140 g/mol. The van der Waals surface area contributed by atoms with Gasteiger partial charge in [0.05, 0.1) is 72.6 Å². The summed E-state index contributed by atoms with van der Waals surface area (Å²) in [5.74, 6) is 1.73. The van der Waals surface area contributed by atoms with E-state index in [4.69, 9.17) is 42.7 Å². The van der Waals surface area contributed by atoms with Gasteiger partial charge in [-0.05, 0) is 137 Å². The third kappa shape index (κ3) is 22.1. The minimum Gasteiger partial charge on any atom is -0.493 e. The smallest absolute Gasteiger partial charge is 0.254 e. The summed E-state index contributed by atoms with van der Waals surface area (Å²) in [6.45, 7) is 21.4. The Labute approximate surface area is 485 Å². The number of amides is 4. The molecular formula is C63H89N5O14. The lowest BCUT2D eigenvalue weighted by Gasteiger charge is -2.25. The molecule has 0 N–H and O–H groups in total. The first kappa shape index (κ1) is 67.6. The van der Waals surface area contributed by atoms with E-state index in [1.165, 1.54) is 30.9 Å². The van der Waals surface area contributed by atoms with Crippen LogP contribution in [0.25, 0.3) is 0 Å². The van der Waals surface area contributed by atoms with E-state index in [-0.39, 0.29) is 41.5 Å². The van der Waals surface area contributed by atoms with Gasteiger partial charge in [-0.3, -0.25) is 33.9 Å². The quantitative estimate of drug-likeness (QED) is 0.0180. The molecule has 2 unspecified atom stereocenters. The molecule has 3 heterocycles. The average Bonchev–Trinajstić information content (AvgIpc) is 4.24. The number of aldehydes is 1. The van der Waals surface area contributed by atoms with Gasteiger partial charge < -0.3 is 57.4 Å². The molecule has 0 saturated carbocycles. The van der Waals surface area contributed by atoms with E-state index < -0.39 is 0 Å². The van der Waals surface area contributed by atoms with Crippen LogP contribution in [0.3, 0.4) is 0 Å². The second kappa shape index (κ2) is 38.0. The zero-order chi connectivity index (χ0) is 59.7. The molecule has 0 bridgehead atoms. The van der Waals surface area contributed by atoms with Crippen LogP contribution in [0.1, 0.15) is 123 Å². The van der Waals surface area contributed by atoms with Crippen LogP contribution in [0.5, 0.6) is 23.0 Å². The number of aliphatic imine (C=N–C) groups is 1. The molecule has 3 aliphatic rings. The number of likely N-dealkylation sites (tertiary alicyclic amines) is 2. The van der Waals surface area contributed by atoms with Crippen molar-refractivity contribution in [1.82, 2.24) is 14.7 Å². The number of benzene rings is 3. The molecule has 19 heteroatoms. The summed E-state index contributed by atoms with van der Waals surface area (Å²) < 4.78 is 45.6. The van der Waals surface area contributed by atoms with Crippen molar-refractivity contribution in [3.05, 3.63) is 101 Å². The number of hydrogen-bond acceptors (Lipinski definition) is 16. The predicted molar refractivity (Wildman–Crippen MR) is 317 cm³/mol. The standard InChI is InChI=1S/C43H56N4O6.C18H29NO7.C2H4O/c1-8-17-45(18-9-2)36-23-31(28-52-38-16-15-33(25-39(38)50-6)42(48)47-20-12-14-35(47)27-44-5)22-32(24-36)29-53-41-21-30(4)37(26-40(41)51-7)43(49)46-19-11-13-34(46)10-3;1-16(20)6-9-24-11-13-26-15-14-25-12-10-23-8-3-2-7-19-17(21)4-5-18(19)22;1-2-3/h10,15-16,21-27,34-35H,3,8-9,11-14,17-20,28-29H2,1-2,4-7H3;4-5H,2-3,6-15H2,1H3;2H,1H3. The van der Waals surface area contributed by atoms with Crippen molar-refractivity contribution >= 4 is 47.6 Å². The molecule has 0 aliphatic carbocycles. The number of carbonyl (C=O) groups is 6. The molecule has 3 aliphatic heterocycles. The Morgan fingerprint density at radius 3 is 1.78 bits per heavy atom. The zero-order valence-electron chi connectivity index (χ0n) is 49.8. The van der Waals surface area contributed by atoms with Crippen molar-refractivity contribution in [2.45, 2.75) is 118 Å². The minimum atomic E-state index is -0.242. The van der Waals surface area contributed by atoms with Crippen molar-refractivity contribution < 1.29 is 66.7 Å². The summed E-state index contributed by atoms with van der Waals surface area (Å²) in [4.78, 5) is 80.6. The fraction of sp³-hybridized carbons (Fsp3) is 0.540. The van der Waals surface area contributed by atoms with Gasteiger partial charge >= 0.3 is 0 Å². The maximum atomic E-state index is 13.5. The number of ether oxygens (including phenoxy) is 8. The predicted octanol–water partition coefficient (Wildman–Crippen LogP) is 8.83. The van der Waals surface area contributed by atoms with Crippen molar-refractivity contribution in [2.24, 2.45) is 4.99 Å². The van der Waals surface area contributed by atoms with Crippen molar-refractivity contribution in [3.63, 3.8) is 0 Å². The number of carbonyl (C=O) groups excluding carboxylic acids is 6. The van der Waals surface area contributed by atoms with Crippen LogP contribution in [-0.2, 0) is 51.3 Å². The fourth-order valence-corrected chi connectivity index (χ4v) is 9.49. The number of anilines is 1. The van der Waals surface area contributed by atoms with Gasteiger partial charge in [0.25, 0.3) is 23.6 Å². The van der Waals surface area contributed by atoms with Crippen LogP contribution in [0.15, 0.2) is 78.3 Å². The third-order valence-corrected chi connectivity index (χ3v) is 13.6. The van der Waals surface area contributed by atoms with Gasteiger partial charge in [-0.15, -0.1) is 6.58 Å². The summed E-state index contributed by atoms with van der Waals surface area (Å²) in [7, 11) is 4.92. The van der Waals surface area contributed by atoms with Gasteiger partial charge in [0.15, 0.2) is 23.0 Å². The normalized spacial score (nSPS) is 15.5. The number of hydrogen-bond donors (Lipinski definition) is 0. The molecular weight excluding hydrogens is 1050 g/mol. The molecule has 0 radical (unpaired) electrons. The Morgan fingerprint density at radius 1 is 0.695 bits per heavy atom. The highest BCUT2D eigenvalue weighted by Gasteiger charge is 2.30. The highest BCUT2D eigenvalue weighted by atomic mass is 16.6. The molecule has 4 amide bonds. The minimum absolute atomic E-state index is 0.0128. The molecule has 450 valence electrons. The number of methoxy groups -OCH3 is 2. The zero-order valence-corrected chi connectivity index (χ0v) is 49.8. The van der Waals surface area contributed by atoms with E-state index in [2.05, 4.69) is 48.5 Å². The van der Waals surface area contributed by atoms with E-state index in [9.17, 15) is 24.0 Å². The molecule has 2 atom stereocenters. The first-order valence-corrected chi connectivity index (χ1v) is 28.7. The number of Topliss-reactive ketones (excluding diaryl/α,β-unsaturated/α-hetero) is 1. The Hall–Kier alpha value is -6.93. The Kier molecular flexibility index (Phi) is 31.3. The van der Waals surface area contributed by atoms with E-state index in [1.54, 1.807) is 39.5 Å². The third-order valence-electron chi connectivity index (χ3n) is 13.6. The van der Waals surface area contributed by atoms with Crippen LogP contribution in [0.2, 0.25) is 0 Å². The summed E-state index contributed by atoms with van der Waals surface area (Å²) in [6, 6.07) is 15.5. The molecule has 2 saturated heterocycles. The van der Waals surface area contributed by atoms with Crippen LogP contribution in [-0.4, -0.2) is 176 Å². The summed E-state index contributed by atoms with van der Waals surface area (Å²) >= 11 is 0. The lowest BCUT2D eigenvalue weighted by atomic mass is 10.1. The van der Waals surface area contributed by atoms with Crippen molar-refractivity contribution in [2.75, 3.05) is 112 Å². The van der Waals surface area contributed by atoms with Crippen molar-refractivity contribution in [1.29, 1.82) is 0 Å². The van der Waals surface area contributed by atoms with Gasteiger partial charge in [0.2, 0.25) is 0 Å². The highest BCUT2D eigenvalue weighted by Crippen LogP contribution is 2.35. The fourth-order valence-electron chi connectivity index (χ4n) is 9.49. The molecule has 3 aromatic carbocycles. The van der Waals surface area contributed by atoms with Crippen LogP contribution < -0.4 is 23.8 Å². The van der Waals surface area contributed by atoms with E-state index >= 15 is 0 Å². The van der Waals surface area contributed by atoms with Crippen LogP contribution >= 0.6 is 0 Å². The summed E-state index contributed by atoms with van der Waals surface area (Å²) in [5, 5.41) is 0. The summed E-state index contributed by atoms with van der Waals surface area (Å²) in [6.07, 6.45) is 14.8. The maximum absolute atomic E-state index is 13.5. The van der Waals surface area contributed by atoms with Gasteiger partial charge in [0, 0.05) is 88.0 Å². The first-order chi connectivity index (χ1) is 39.8. The van der Waals surface area contributed by atoms with E-state index in [0.29, 0.717) is 120 Å². The number of ketones is 1. The lowest BCUT2D eigenvalue weighted by Crippen LogP contribution is -2.36. The van der Waals surface area contributed by atoms with Gasteiger partial charge in [-0.1, -0.05) is 19.9 Å². The Bertz CT molecular complexity index is 2550. The molecule has 82 heavy (non-hydrogen) atoms. The van der Waals surface area contributed by atoms with Crippen LogP contribution in [0, 0.1) is 6.92 Å². The molecule has 2 fully saturated rings. The highest BCUT2D eigenvalue weighted by molar-refractivity contribution is 6.12. The number of imide groups is 1. The lowest BCUT2D eigenvalue weighted by molar-refractivity contribution is -0.137. The molecule has 19 nitrogen and oxygen atoms in total. The van der Waals surface area contributed by atoms with Crippen molar-refractivity contribution in [3.8, 4) is 23.0 Å². The van der Waals surface area contributed by atoms with E-state index in [1.807, 2.05) is 41.1 Å². The molecule has 3 aromatic rings. The Morgan fingerprint density at radius 2 is 1.23 bits per heavy atom. The van der Waals surface area contributed by atoms with Gasteiger partial charge in [-0.2, -0.15) is 0 Å². The van der Waals surface area contributed by atoms with Crippen LogP contribution in [0.4, 0.5) is 5.69 Å². The first-order valence-electron chi connectivity index (χ1n) is 28.7. The molecule has 6 rings (SSSR count). The van der Waals surface area contributed by atoms with Gasteiger partial charge in [0.1, 0.15) is 25.3 Å². The molecule has 0 aromatic heterocycles. The maximum Gasteiger partial charge on any atom is 0.254 e. The molecule has 0 spiro atoms. The van der Waals surface area contributed by atoms with Gasteiger partial charge in [-0.25, -0.2) is 0 Å². The number of nitrogens with zero attached hydrogens (tertiary/aromatic N) is 5. The monoisotopic (exact) mass is 1140 g/mol. The number of aryl methyl sites for hydroxylation is 1. The number of rotatable bonds is 34. The summed E-state index contributed by atoms with van der Waals surface area (Å²) in [5.41, 5.74) is 5.05. The SMILES string of the molecule is C=CC1CCCN1C(=O)c1cc(OC)c(OCc2cc(COc3ccc(C(=O)N4CCCC4C=NC)cc3OC)cc(N(CCC)CCC)c2)cc1C.CC(=O)CCOCCOCCOCCOCCCCN1C(=O)C=CC1=O.CC=O.